The Bertz CT molecular complexity index is 922. The van der Waals surface area contributed by atoms with Crippen LogP contribution < -0.4 is 10.3 Å². The van der Waals surface area contributed by atoms with Gasteiger partial charge < -0.3 is 30.4 Å². The smallest absolute Gasteiger partial charge is 0.241 e. The van der Waals surface area contributed by atoms with Crippen molar-refractivity contribution in [2.75, 3.05) is 12.3 Å². The SMILES string of the molecule is C[n+]1c[nH]cc1-c1cn(C2OC(CO)C(O)C2O)c2ncnc(N)c12. The summed E-state index contributed by atoms with van der Waals surface area (Å²) < 4.78 is 9.12. The zero-order valence-electron chi connectivity index (χ0n) is 13.4. The van der Waals surface area contributed by atoms with Crippen LogP contribution in [0.5, 0.6) is 0 Å². The number of hydrogen-bond donors (Lipinski definition) is 5. The van der Waals surface area contributed by atoms with Crippen LogP contribution in [0.4, 0.5) is 5.82 Å². The molecule has 4 unspecified atom stereocenters. The number of nitrogens with zero attached hydrogens (tertiary/aromatic N) is 4. The second-order valence-corrected chi connectivity index (χ2v) is 6.07. The number of aryl methyl sites for hydroxylation is 1. The average Bonchev–Trinajstić information content (AvgIpc) is 3.26. The molecule has 1 saturated heterocycles. The minimum Gasteiger partial charge on any atom is -0.394 e. The van der Waals surface area contributed by atoms with Crippen molar-refractivity contribution < 1.29 is 24.6 Å². The lowest BCUT2D eigenvalue weighted by Crippen LogP contribution is -2.33. The van der Waals surface area contributed by atoms with Crippen LogP contribution in [0.1, 0.15) is 6.23 Å². The van der Waals surface area contributed by atoms with E-state index in [0.29, 0.717) is 16.9 Å². The van der Waals surface area contributed by atoms with Gasteiger partial charge in [-0.1, -0.05) is 0 Å². The Morgan fingerprint density at radius 3 is 2.80 bits per heavy atom. The summed E-state index contributed by atoms with van der Waals surface area (Å²) in [6.45, 7) is -0.398. The lowest BCUT2D eigenvalue weighted by Gasteiger charge is -2.17. The van der Waals surface area contributed by atoms with Gasteiger partial charge in [0.15, 0.2) is 11.9 Å². The number of nitrogens with one attached hydrogen (secondary N) is 1. The van der Waals surface area contributed by atoms with Gasteiger partial charge in [0.25, 0.3) is 0 Å². The number of H-pyrrole nitrogens is 1. The summed E-state index contributed by atoms with van der Waals surface area (Å²) in [5.74, 6) is 0.298. The molecule has 4 heterocycles. The molecule has 1 aliphatic heterocycles. The number of hydrogen-bond acceptors (Lipinski definition) is 7. The monoisotopic (exact) mass is 347 g/mol. The van der Waals surface area contributed by atoms with Gasteiger partial charge in [0.05, 0.1) is 24.6 Å². The zero-order valence-corrected chi connectivity index (χ0v) is 13.4. The minimum absolute atomic E-state index is 0.298. The summed E-state index contributed by atoms with van der Waals surface area (Å²) in [6.07, 6.45) is 2.49. The number of anilines is 1. The van der Waals surface area contributed by atoms with Crippen molar-refractivity contribution in [2.24, 2.45) is 7.05 Å². The van der Waals surface area contributed by atoms with Crippen molar-refractivity contribution in [2.45, 2.75) is 24.5 Å². The fraction of sp³-hybridized carbons (Fsp3) is 0.400. The molecule has 1 aliphatic rings. The van der Waals surface area contributed by atoms with Gasteiger partial charge in [-0.2, -0.15) is 0 Å². The maximum absolute atomic E-state index is 10.3. The van der Waals surface area contributed by atoms with E-state index in [-0.39, 0.29) is 0 Å². The molecule has 10 heteroatoms. The molecular weight excluding hydrogens is 328 g/mol. The molecule has 3 aromatic heterocycles. The molecule has 4 rings (SSSR count). The maximum atomic E-state index is 10.3. The Balaban J connectivity index is 1.92. The van der Waals surface area contributed by atoms with Crippen molar-refractivity contribution in [1.29, 1.82) is 0 Å². The number of rotatable bonds is 3. The Hall–Kier alpha value is -2.53. The third-order valence-corrected chi connectivity index (χ3v) is 4.57. The highest BCUT2D eigenvalue weighted by atomic mass is 16.6. The number of aromatic nitrogens is 5. The normalized spacial score (nSPS) is 26.6. The molecule has 0 aliphatic carbocycles. The van der Waals surface area contributed by atoms with Crippen LogP contribution in [-0.4, -0.2) is 59.8 Å². The molecule has 10 nitrogen and oxygen atoms in total. The van der Waals surface area contributed by atoms with E-state index in [4.69, 9.17) is 10.5 Å². The van der Waals surface area contributed by atoms with Gasteiger partial charge in [-0.15, -0.1) is 0 Å². The van der Waals surface area contributed by atoms with E-state index in [1.54, 1.807) is 17.1 Å². The van der Waals surface area contributed by atoms with Crippen molar-refractivity contribution in [1.82, 2.24) is 19.5 Å². The van der Waals surface area contributed by atoms with Crippen LogP contribution in [0.3, 0.4) is 0 Å². The number of ether oxygens (including phenoxy) is 1. The Labute approximate surface area is 142 Å². The first-order valence-corrected chi connectivity index (χ1v) is 7.79. The lowest BCUT2D eigenvalue weighted by molar-refractivity contribution is -0.659. The topological polar surface area (TPSA) is 146 Å². The molecule has 0 spiro atoms. The molecule has 132 valence electrons. The number of nitrogen functional groups attached to an aromatic ring is 1. The maximum Gasteiger partial charge on any atom is 0.241 e. The molecule has 3 aromatic rings. The van der Waals surface area contributed by atoms with Crippen LogP contribution in [0.25, 0.3) is 22.3 Å². The molecule has 0 aromatic carbocycles. The summed E-state index contributed by atoms with van der Waals surface area (Å²) in [5.41, 5.74) is 8.14. The van der Waals surface area contributed by atoms with E-state index < -0.39 is 31.1 Å². The molecule has 6 N–H and O–H groups in total. The first-order valence-electron chi connectivity index (χ1n) is 7.79. The van der Waals surface area contributed by atoms with E-state index in [1.165, 1.54) is 6.33 Å². The summed E-state index contributed by atoms with van der Waals surface area (Å²) >= 11 is 0. The minimum atomic E-state index is -1.21. The summed E-state index contributed by atoms with van der Waals surface area (Å²) in [5, 5.41) is 30.3. The van der Waals surface area contributed by atoms with Crippen molar-refractivity contribution in [3.63, 3.8) is 0 Å². The summed E-state index contributed by atoms with van der Waals surface area (Å²) in [4.78, 5) is 11.3. The van der Waals surface area contributed by atoms with Crippen LogP contribution in [0.15, 0.2) is 25.0 Å². The standard InChI is InChI=1S/C15H18N6O4/c1-20-6-17-2-8(20)7-3-21(14-10(7)13(16)18-5-19-14)15-12(24)11(23)9(4-22)25-15/h2-3,5-6,9,11-12,15,22-24H,4H2,1H3,(H2,16,18,19)/p+1. The van der Waals surface area contributed by atoms with Gasteiger partial charge in [0.2, 0.25) is 6.33 Å². The number of aliphatic hydroxyl groups is 3. The van der Waals surface area contributed by atoms with E-state index in [0.717, 1.165) is 11.3 Å². The van der Waals surface area contributed by atoms with Gasteiger partial charge in [-0.3, -0.25) is 0 Å². The third kappa shape index (κ3) is 2.30. The fourth-order valence-electron chi connectivity index (χ4n) is 3.27. The van der Waals surface area contributed by atoms with Crippen molar-refractivity contribution in [3.8, 4) is 11.3 Å². The van der Waals surface area contributed by atoms with Crippen LogP contribution in [0.2, 0.25) is 0 Å². The number of aliphatic hydroxyl groups excluding tert-OH is 3. The lowest BCUT2D eigenvalue weighted by atomic mass is 10.1. The first-order chi connectivity index (χ1) is 12.0. The average molecular weight is 347 g/mol. The Morgan fingerprint density at radius 1 is 1.36 bits per heavy atom. The van der Waals surface area contributed by atoms with Gasteiger partial charge in [-0.25, -0.2) is 19.5 Å². The summed E-state index contributed by atoms with van der Waals surface area (Å²) in [7, 11) is 1.88. The second-order valence-electron chi connectivity index (χ2n) is 6.07. The third-order valence-electron chi connectivity index (χ3n) is 4.57. The molecule has 0 saturated carbocycles. The molecule has 0 bridgehead atoms. The fourth-order valence-corrected chi connectivity index (χ4v) is 3.27. The molecular formula is C15H19N6O4+. The highest BCUT2D eigenvalue weighted by Gasteiger charge is 2.44. The largest absolute Gasteiger partial charge is 0.394 e. The highest BCUT2D eigenvalue weighted by molar-refractivity contribution is 5.99. The van der Waals surface area contributed by atoms with Gasteiger partial charge >= 0.3 is 0 Å². The first kappa shape index (κ1) is 16.0. The molecule has 1 fully saturated rings. The number of fused-ring (bicyclic) bond motifs is 1. The van der Waals surface area contributed by atoms with Crippen LogP contribution in [-0.2, 0) is 11.8 Å². The number of imidazole rings is 1. The Kier molecular flexibility index (Phi) is 3.69. The van der Waals surface area contributed by atoms with E-state index in [9.17, 15) is 15.3 Å². The quantitative estimate of drug-likeness (QED) is 0.360. The predicted molar refractivity (Wildman–Crippen MR) is 85.9 cm³/mol. The Morgan fingerprint density at radius 2 is 2.16 bits per heavy atom. The summed E-state index contributed by atoms with van der Waals surface area (Å²) in [6, 6.07) is 0. The van der Waals surface area contributed by atoms with E-state index in [2.05, 4.69) is 15.0 Å². The van der Waals surface area contributed by atoms with E-state index >= 15 is 0 Å². The van der Waals surface area contributed by atoms with Crippen molar-refractivity contribution >= 4 is 16.9 Å². The van der Waals surface area contributed by atoms with Crippen LogP contribution >= 0.6 is 0 Å². The second kappa shape index (κ2) is 5.77. The van der Waals surface area contributed by atoms with Gasteiger partial charge in [0, 0.05) is 6.20 Å². The van der Waals surface area contributed by atoms with Gasteiger partial charge in [-0.05, 0) is 0 Å². The molecule has 4 atom stereocenters. The van der Waals surface area contributed by atoms with Crippen LogP contribution in [0, 0.1) is 0 Å². The highest BCUT2D eigenvalue weighted by Crippen LogP contribution is 2.37. The molecule has 0 amide bonds. The predicted octanol–water partition coefficient (Wildman–Crippen LogP) is -1.56. The van der Waals surface area contributed by atoms with Crippen molar-refractivity contribution in [3.05, 3.63) is 25.0 Å². The molecule has 0 radical (unpaired) electrons. The van der Waals surface area contributed by atoms with E-state index in [1.807, 2.05) is 17.8 Å². The number of aromatic amines is 1. The zero-order chi connectivity index (χ0) is 17.7. The number of nitrogens with two attached hydrogens (primary N) is 1. The van der Waals surface area contributed by atoms with Gasteiger partial charge in [0.1, 0.15) is 42.3 Å². The molecule has 25 heavy (non-hydrogen) atoms.